The summed E-state index contributed by atoms with van der Waals surface area (Å²) >= 11 is 15.9. The van der Waals surface area contributed by atoms with Crippen LogP contribution in [0.15, 0.2) is 35.2 Å². The Morgan fingerprint density at radius 2 is 1.61 bits per heavy atom. The van der Waals surface area contributed by atoms with Crippen molar-refractivity contribution in [2.24, 2.45) is 0 Å². The molecule has 0 aliphatic carbocycles. The molecule has 0 aliphatic heterocycles. The molecule has 154 valence electrons. The second-order valence-corrected chi connectivity index (χ2v) is 9.45. The first-order valence-electron chi connectivity index (χ1n) is 8.04. The molecule has 0 spiro atoms. The van der Waals surface area contributed by atoms with Crippen LogP contribution in [0.1, 0.15) is 27.5 Å². The van der Waals surface area contributed by atoms with Crippen molar-refractivity contribution in [3.05, 3.63) is 62.6 Å². The molecule has 2 atom stereocenters. The molecule has 0 saturated carbocycles. The predicted molar refractivity (Wildman–Crippen MR) is 109 cm³/mol. The lowest BCUT2D eigenvalue weighted by molar-refractivity contribution is -0.151. The zero-order valence-electron chi connectivity index (χ0n) is 15.1. The van der Waals surface area contributed by atoms with E-state index in [0.717, 1.165) is 5.56 Å². The van der Waals surface area contributed by atoms with Crippen molar-refractivity contribution >= 4 is 45.9 Å². The fourth-order valence-corrected chi connectivity index (χ4v) is 5.80. The number of rotatable bonds is 5. The number of aryl methyl sites for hydroxylation is 3. The monoisotopic (exact) mass is 471 g/mol. The van der Waals surface area contributed by atoms with Crippen LogP contribution >= 0.6 is 35.8 Å². The van der Waals surface area contributed by atoms with Crippen LogP contribution in [0.2, 0.25) is 10.0 Å². The molecule has 2 aromatic carbocycles. The van der Waals surface area contributed by atoms with Crippen molar-refractivity contribution in [3.63, 3.8) is 0 Å². The van der Waals surface area contributed by atoms with Gasteiger partial charge in [-0.15, -0.1) is 0 Å². The zero-order chi connectivity index (χ0) is 21.4. The van der Waals surface area contributed by atoms with E-state index < -0.39 is 27.5 Å². The highest BCUT2D eigenvalue weighted by molar-refractivity contribution is 7.89. The van der Waals surface area contributed by atoms with E-state index in [-0.39, 0.29) is 20.5 Å². The van der Waals surface area contributed by atoms with E-state index >= 15 is 0 Å². The van der Waals surface area contributed by atoms with Gasteiger partial charge in [-0.05, 0) is 43.5 Å². The SMILES string of the molecule is Cc1cc(C)c(S(=O)(=O)NC(C(S)c2cccc(Cl)c2Cl)C(F)(F)F)c(C)c1. The average molecular weight is 472 g/mol. The summed E-state index contributed by atoms with van der Waals surface area (Å²) in [6, 6.07) is 4.83. The first-order valence-corrected chi connectivity index (χ1v) is 10.8. The lowest BCUT2D eigenvalue weighted by Crippen LogP contribution is -2.48. The molecule has 0 aliphatic rings. The molecule has 28 heavy (non-hydrogen) atoms. The van der Waals surface area contributed by atoms with E-state index in [1.165, 1.54) is 32.0 Å². The molecule has 1 N–H and O–H groups in total. The van der Waals surface area contributed by atoms with Crippen LogP contribution in [0.4, 0.5) is 13.2 Å². The molecular weight excluding hydrogens is 454 g/mol. The second-order valence-electron chi connectivity index (χ2n) is 6.46. The summed E-state index contributed by atoms with van der Waals surface area (Å²) in [5.74, 6) is 0. The fraction of sp³-hybridized carbons (Fsp3) is 0.333. The Hall–Kier alpha value is -0.930. The summed E-state index contributed by atoms with van der Waals surface area (Å²) in [7, 11) is -4.49. The Bertz CT molecular complexity index is 972. The maximum atomic E-state index is 13.7. The molecule has 0 heterocycles. The molecule has 0 fully saturated rings. The minimum absolute atomic E-state index is 0.0279. The predicted octanol–water partition coefficient (Wildman–Crippen LogP) is 5.80. The Kier molecular flexibility index (Phi) is 7.04. The number of thiol groups is 1. The highest BCUT2D eigenvalue weighted by Crippen LogP contribution is 2.40. The lowest BCUT2D eigenvalue weighted by Gasteiger charge is -2.28. The maximum absolute atomic E-state index is 13.7. The van der Waals surface area contributed by atoms with E-state index in [4.69, 9.17) is 23.2 Å². The number of alkyl halides is 3. The summed E-state index contributed by atoms with van der Waals surface area (Å²) in [4.78, 5) is -0.190. The normalized spacial score (nSPS) is 14.8. The summed E-state index contributed by atoms with van der Waals surface area (Å²) in [6.07, 6.45) is -4.92. The van der Waals surface area contributed by atoms with Crippen LogP contribution < -0.4 is 4.72 Å². The number of hydrogen-bond donors (Lipinski definition) is 2. The van der Waals surface area contributed by atoms with Crippen molar-refractivity contribution < 1.29 is 21.6 Å². The van der Waals surface area contributed by atoms with Crippen LogP contribution in [0.3, 0.4) is 0 Å². The molecule has 3 nitrogen and oxygen atoms in total. The Balaban J connectivity index is 2.53. The molecule has 2 unspecified atom stereocenters. The quantitative estimate of drug-likeness (QED) is 0.541. The summed E-state index contributed by atoms with van der Waals surface area (Å²) in [5.41, 5.74) is 1.48. The number of benzene rings is 2. The fourth-order valence-electron chi connectivity index (χ4n) is 3.06. The summed E-state index contributed by atoms with van der Waals surface area (Å²) in [5, 5.41) is -1.67. The third-order valence-electron chi connectivity index (χ3n) is 4.12. The van der Waals surface area contributed by atoms with Gasteiger partial charge in [0.25, 0.3) is 0 Å². The first-order chi connectivity index (χ1) is 12.8. The van der Waals surface area contributed by atoms with Gasteiger partial charge < -0.3 is 0 Å². The zero-order valence-corrected chi connectivity index (χ0v) is 18.3. The molecule has 0 radical (unpaired) electrons. The van der Waals surface area contributed by atoms with Gasteiger partial charge in [-0.25, -0.2) is 8.42 Å². The maximum Gasteiger partial charge on any atom is 0.406 e. The van der Waals surface area contributed by atoms with Gasteiger partial charge >= 0.3 is 6.18 Å². The van der Waals surface area contributed by atoms with Gasteiger partial charge in [-0.3, -0.25) is 0 Å². The Morgan fingerprint density at radius 3 is 2.11 bits per heavy atom. The molecule has 10 heteroatoms. The van der Waals surface area contributed by atoms with Crippen LogP contribution in [-0.2, 0) is 10.0 Å². The van der Waals surface area contributed by atoms with Crippen molar-refractivity contribution in [1.82, 2.24) is 4.72 Å². The van der Waals surface area contributed by atoms with Gasteiger partial charge in [0.1, 0.15) is 6.04 Å². The van der Waals surface area contributed by atoms with Crippen LogP contribution in [-0.4, -0.2) is 20.6 Å². The summed E-state index contributed by atoms with van der Waals surface area (Å²) < 4.78 is 68.7. The van der Waals surface area contributed by atoms with E-state index in [1.54, 1.807) is 23.8 Å². The minimum atomic E-state index is -4.92. The molecule has 2 rings (SSSR count). The largest absolute Gasteiger partial charge is 0.406 e. The molecule has 2 aromatic rings. The van der Waals surface area contributed by atoms with Crippen molar-refractivity contribution in [3.8, 4) is 0 Å². The molecule has 0 amide bonds. The van der Waals surface area contributed by atoms with Gasteiger partial charge in [0.15, 0.2) is 0 Å². The number of nitrogens with one attached hydrogen (secondary N) is 1. The van der Waals surface area contributed by atoms with Crippen LogP contribution in [0.5, 0.6) is 0 Å². The highest BCUT2D eigenvalue weighted by atomic mass is 35.5. The Morgan fingerprint density at radius 1 is 1.07 bits per heavy atom. The third-order valence-corrected chi connectivity index (χ3v) is 7.28. The standard InChI is InChI=1S/C18H18Cl2F3NO2S2/c1-9-7-10(2)16(11(3)8-9)28(25,26)24-17(18(21,22)23)15(27)12-5-4-6-13(19)14(12)20/h4-8,15,17,24,27H,1-3H3. The van der Waals surface area contributed by atoms with Crippen LogP contribution in [0.25, 0.3) is 0 Å². The van der Waals surface area contributed by atoms with E-state index in [1.807, 2.05) is 0 Å². The molecule has 0 aromatic heterocycles. The summed E-state index contributed by atoms with van der Waals surface area (Å²) in [6.45, 7) is 4.83. The molecule has 0 bridgehead atoms. The van der Waals surface area contributed by atoms with Crippen LogP contribution in [0, 0.1) is 20.8 Å². The topological polar surface area (TPSA) is 46.2 Å². The van der Waals surface area contributed by atoms with E-state index in [9.17, 15) is 21.6 Å². The lowest BCUT2D eigenvalue weighted by atomic mass is 10.1. The minimum Gasteiger partial charge on any atom is -0.207 e. The third kappa shape index (κ3) is 4.97. The van der Waals surface area contributed by atoms with Gasteiger partial charge in [-0.1, -0.05) is 53.0 Å². The molecule has 0 saturated heterocycles. The van der Waals surface area contributed by atoms with Crippen molar-refractivity contribution in [2.45, 2.75) is 43.1 Å². The number of hydrogen-bond acceptors (Lipinski definition) is 3. The first kappa shape index (κ1) is 23.3. The van der Waals surface area contributed by atoms with Crippen molar-refractivity contribution in [2.75, 3.05) is 0 Å². The average Bonchev–Trinajstić information content (AvgIpc) is 2.52. The molecular formula is C18H18Cl2F3NO2S2. The van der Waals surface area contributed by atoms with Gasteiger partial charge in [0.05, 0.1) is 20.2 Å². The second kappa shape index (κ2) is 8.44. The number of halogens is 5. The van der Waals surface area contributed by atoms with E-state index in [0.29, 0.717) is 11.1 Å². The Labute approximate surface area is 177 Å². The van der Waals surface area contributed by atoms with Gasteiger partial charge in [-0.2, -0.15) is 30.5 Å². The smallest absolute Gasteiger partial charge is 0.207 e. The number of sulfonamides is 1. The van der Waals surface area contributed by atoms with Crippen molar-refractivity contribution in [1.29, 1.82) is 0 Å². The van der Waals surface area contributed by atoms with E-state index in [2.05, 4.69) is 12.6 Å². The highest BCUT2D eigenvalue weighted by Gasteiger charge is 2.47. The van der Waals surface area contributed by atoms with Gasteiger partial charge in [0, 0.05) is 0 Å². The van der Waals surface area contributed by atoms with Gasteiger partial charge in [0.2, 0.25) is 10.0 Å².